The van der Waals surface area contributed by atoms with Crippen molar-refractivity contribution in [3.63, 3.8) is 0 Å². The summed E-state index contributed by atoms with van der Waals surface area (Å²) in [6, 6.07) is 8.66. The van der Waals surface area contributed by atoms with Crippen molar-refractivity contribution in [2.24, 2.45) is 0 Å². The van der Waals surface area contributed by atoms with E-state index in [0.717, 1.165) is 15.1 Å². The van der Waals surface area contributed by atoms with Crippen molar-refractivity contribution in [1.82, 2.24) is 0 Å². The molecule has 0 nitrogen and oxygen atoms in total. The molecular weight excluding hydrogens is 396 g/mol. The Balaban J connectivity index is 2.99. The van der Waals surface area contributed by atoms with Crippen LogP contribution in [0.1, 0.15) is 31.7 Å². The summed E-state index contributed by atoms with van der Waals surface area (Å²) in [7, 11) is 0. The van der Waals surface area contributed by atoms with E-state index in [1.807, 2.05) is 0 Å². The van der Waals surface area contributed by atoms with Crippen molar-refractivity contribution in [1.29, 1.82) is 0 Å². The normalized spacial score (nSPS) is 11.8. The summed E-state index contributed by atoms with van der Waals surface area (Å²) in [5.74, 6) is 0. The number of rotatable bonds is 6. The van der Waals surface area contributed by atoms with E-state index in [1.165, 1.54) is 24.8 Å². The van der Waals surface area contributed by atoms with E-state index in [2.05, 4.69) is 79.0 Å². The summed E-state index contributed by atoms with van der Waals surface area (Å²) in [5.41, 5.74) is 1.63. The molecule has 0 aliphatic heterocycles. The number of benzene rings is 1. The lowest BCUT2D eigenvalue weighted by molar-refractivity contribution is 0.480. The van der Waals surface area contributed by atoms with Crippen LogP contribution in [0.3, 0.4) is 0 Å². The van der Waals surface area contributed by atoms with Gasteiger partial charge in [-0.05, 0) is 24.1 Å². The number of halogens is 3. The lowest BCUT2D eigenvalue weighted by Crippen LogP contribution is -2.30. The number of alkyl halides is 2. The van der Waals surface area contributed by atoms with E-state index in [4.69, 9.17) is 0 Å². The van der Waals surface area contributed by atoms with Crippen molar-refractivity contribution in [2.45, 2.75) is 31.6 Å². The van der Waals surface area contributed by atoms with E-state index < -0.39 is 0 Å². The predicted octanol–water partition coefficient (Wildman–Crippen LogP) is 5.67. The Morgan fingerprint density at radius 3 is 2.38 bits per heavy atom. The first-order valence-corrected chi connectivity index (χ1v) is 8.60. The van der Waals surface area contributed by atoms with Crippen LogP contribution in [0, 0.1) is 0 Å². The molecule has 1 aromatic rings. The molecule has 0 bridgehead atoms. The molecule has 0 amide bonds. The Bertz CT molecular complexity index is 319. The Morgan fingerprint density at radius 2 is 1.88 bits per heavy atom. The van der Waals surface area contributed by atoms with Crippen molar-refractivity contribution in [3.8, 4) is 0 Å². The molecule has 0 unspecified atom stereocenters. The van der Waals surface area contributed by atoms with Gasteiger partial charge in [0, 0.05) is 20.5 Å². The molecule has 0 aromatic heterocycles. The van der Waals surface area contributed by atoms with E-state index in [1.54, 1.807) is 0 Å². The highest BCUT2D eigenvalue weighted by Crippen LogP contribution is 2.35. The second-order valence-corrected chi connectivity index (χ2v) is 6.20. The molecule has 0 spiro atoms. The molecule has 0 saturated carbocycles. The SMILES string of the molecule is CCCCC(CBr)(CBr)c1cccc(Br)c1. The minimum Gasteiger partial charge on any atom is -0.0918 e. The van der Waals surface area contributed by atoms with Crippen LogP contribution in [-0.2, 0) is 5.41 Å². The largest absolute Gasteiger partial charge is 0.0918 e. The maximum absolute atomic E-state index is 3.68. The van der Waals surface area contributed by atoms with E-state index in [0.29, 0.717) is 0 Å². The zero-order chi connectivity index (χ0) is 12.0. The van der Waals surface area contributed by atoms with Gasteiger partial charge in [-0.3, -0.25) is 0 Å². The van der Waals surface area contributed by atoms with E-state index >= 15 is 0 Å². The molecule has 3 heteroatoms. The second kappa shape index (κ2) is 7.17. The molecule has 1 rings (SSSR count). The van der Waals surface area contributed by atoms with Crippen LogP contribution >= 0.6 is 47.8 Å². The van der Waals surface area contributed by atoms with Crippen molar-refractivity contribution in [2.75, 3.05) is 10.7 Å². The Kier molecular flexibility index (Phi) is 6.60. The van der Waals surface area contributed by atoms with Gasteiger partial charge in [-0.15, -0.1) is 0 Å². The van der Waals surface area contributed by atoms with Crippen molar-refractivity contribution < 1.29 is 0 Å². The van der Waals surface area contributed by atoms with Crippen LogP contribution in [0.4, 0.5) is 0 Å². The van der Waals surface area contributed by atoms with Gasteiger partial charge in [0.1, 0.15) is 0 Å². The number of hydrogen-bond acceptors (Lipinski definition) is 0. The van der Waals surface area contributed by atoms with Crippen LogP contribution in [0.15, 0.2) is 28.7 Å². The molecule has 0 atom stereocenters. The summed E-state index contributed by atoms with van der Waals surface area (Å²) >= 11 is 10.9. The highest BCUT2D eigenvalue weighted by molar-refractivity contribution is 9.10. The fraction of sp³-hybridized carbons (Fsp3) is 0.538. The summed E-state index contributed by atoms with van der Waals surface area (Å²) in [4.78, 5) is 0. The molecule has 0 radical (unpaired) electrons. The van der Waals surface area contributed by atoms with Gasteiger partial charge in [0.15, 0.2) is 0 Å². The first kappa shape index (κ1) is 14.7. The average molecular weight is 413 g/mol. The summed E-state index contributed by atoms with van der Waals surface area (Å²) in [6.07, 6.45) is 3.73. The van der Waals surface area contributed by atoms with Gasteiger partial charge in [-0.25, -0.2) is 0 Å². The summed E-state index contributed by atoms with van der Waals surface area (Å²) in [6.45, 7) is 2.24. The smallest absolute Gasteiger partial charge is 0.0178 e. The fourth-order valence-electron chi connectivity index (χ4n) is 1.80. The van der Waals surface area contributed by atoms with Gasteiger partial charge in [0.2, 0.25) is 0 Å². The maximum Gasteiger partial charge on any atom is 0.0178 e. The topological polar surface area (TPSA) is 0 Å². The molecule has 0 aliphatic rings. The standard InChI is InChI=1S/C13H17Br3/c1-2-3-7-13(9-14,10-15)11-5-4-6-12(16)8-11/h4-6,8H,2-3,7,9-10H2,1H3. The highest BCUT2D eigenvalue weighted by atomic mass is 79.9. The van der Waals surface area contributed by atoms with Crippen molar-refractivity contribution >= 4 is 47.8 Å². The third kappa shape index (κ3) is 3.58. The summed E-state index contributed by atoms with van der Waals surface area (Å²) < 4.78 is 1.16. The van der Waals surface area contributed by atoms with Gasteiger partial charge >= 0.3 is 0 Å². The van der Waals surface area contributed by atoms with Crippen LogP contribution in [0.2, 0.25) is 0 Å². The first-order chi connectivity index (χ1) is 7.68. The zero-order valence-corrected chi connectivity index (χ0v) is 14.2. The van der Waals surface area contributed by atoms with Crippen LogP contribution < -0.4 is 0 Å². The number of hydrogen-bond donors (Lipinski definition) is 0. The maximum atomic E-state index is 3.68. The molecule has 0 fully saturated rings. The van der Waals surface area contributed by atoms with Crippen LogP contribution in [-0.4, -0.2) is 10.7 Å². The van der Waals surface area contributed by atoms with Crippen molar-refractivity contribution in [3.05, 3.63) is 34.3 Å². The Hall–Kier alpha value is 0.660. The predicted molar refractivity (Wildman–Crippen MR) is 82.9 cm³/mol. The van der Waals surface area contributed by atoms with Crippen LogP contribution in [0.25, 0.3) is 0 Å². The molecule has 0 N–H and O–H groups in total. The quantitative estimate of drug-likeness (QED) is 0.528. The Labute approximate surface area is 124 Å². The highest BCUT2D eigenvalue weighted by Gasteiger charge is 2.29. The third-order valence-electron chi connectivity index (χ3n) is 2.96. The third-order valence-corrected chi connectivity index (χ3v) is 5.60. The minimum atomic E-state index is 0.222. The lowest BCUT2D eigenvalue weighted by Gasteiger charge is -2.31. The molecule has 1 aromatic carbocycles. The van der Waals surface area contributed by atoms with E-state index in [-0.39, 0.29) is 5.41 Å². The fourth-order valence-corrected chi connectivity index (χ4v) is 4.34. The second-order valence-electron chi connectivity index (χ2n) is 4.16. The minimum absolute atomic E-state index is 0.222. The van der Waals surface area contributed by atoms with Gasteiger partial charge in [0.05, 0.1) is 0 Å². The Morgan fingerprint density at radius 1 is 1.19 bits per heavy atom. The molecular formula is C13H17Br3. The van der Waals surface area contributed by atoms with Gasteiger partial charge in [0.25, 0.3) is 0 Å². The number of unbranched alkanes of at least 4 members (excludes halogenated alkanes) is 1. The van der Waals surface area contributed by atoms with Gasteiger partial charge in [-0.2, -0.15) is 0 Å². The molecule has 0 heterocycles. The molecule has 0 saturated heterocycles. The van der Waals surface area contributed by atoms with E-state index in [9.17, 15) is 0 Å². The average Bonchev–Trinajstić information content (AvgIpc) is 2.31. The van der Waals surface area contributed by atoms with Gasteiger partial charge < -0.3 is 0 Å². The molecule has 0 aliphatic carbocycles. The monoisotopic (exact) mass is 410 g/mol. The first-order valence-electron chi connectivity index (χ1n) is 5.56. The van der Waals surface area contributed by atoms with Crippen LogP contribution in [0.5, 0.6) is 0 Å². The zero-order valence-electron chi connectivity index (χ0n) is 9.48. The summed E-state index contributed by atoms with van der Waals surface area (Å²) in [5, 5.41) is 2.00. The lowest BCUT2D eigenvalue weighted by atomic mass is 9.80. The molecule has 16 heavy (non-hydrogen) atoms. The molecule has 90 valence electrons. The van der Waals surface area contributed by atoms with Gasteiger partial charge in [-0.1, -0.05) is 79.7 Å².